The van der Waals surface area contributed by atoms with Gasteiger partial charge in [-0.25, -0.2) is 4.79 Å². The van der Waals surface area contributed by atoms with Crippen LogP contribution in [0.25, 0.3) is 0 Å². The molecule has 2 aromatic rings. The predicted molar refractivity (Wildman–Crippen MR) is 88.9 cm³/mol. The Morgan fingerprint density at radius 3 is 2.52 bits per heavy atom. The number of ether oxygens (including phenoxy) is 2. The highest BCUT2D eigenvalue weighted by molar-refractivity contribution is 5.89. The average Bonchev–Trinajstić information content (AvgIpc) is 2.59. The van der Waals surface area contributed by atoms with E-state index in [9.17, 15) is 4.79 Å². The smallest absolute Gasteiger partial charge is 0.337 e. The average molecular weight is 311 g/mol. The first-order valence-electron chi connectivity index (χ1n) is 7.73. The van der Waals surface area contributed by atoms with Gasteiger partial charge < -0.3 is 14.8 Å². The van der Waals surface area contributed by atoms with Crippen LogP contribution in [-0.2, 0) is 11.2 Å². The maximum atomic E-state index is 11.6. The van der Waals surface area contributed by atoms with E-state index in [1.807, 2.05) is 30.3 Å². The summed E-state index contributed by atoms with van der Waals surface area (Å²) in [5.41, 5.74) is 4.26. The van der Waals surface area contributed by atoms with Gasteiger partial charge in [0.05, 0.1) is 25.8 Å². The Kier molecular flexibility index (Phi) is 4.35. The first kappa shape index (κ1) is 15.6. The zero-order chi connectivity index (χ0) is 16.4. The van der Waals surface area contributed by atoms with Gasteiger partial charge in [-0.3, -0.25) is 0 Å². The summed E-state index contributed by atoms with van der Waals surface area (Å²) in [6.45, 7) is 2.18. The standard InChI is InChI=1S/C19H21NO3/c1-12-10-15-11-16(22-2)8-9-17(15)18(20-12)13-4-6-14(7-5-13)19(21)23-3/h4-9,11-12,18,20H,10H2,1-3H3/t12-,18+/m0/s1. The fraction of sp³-hybridized carbons (Fsp3) is 0.316. The number of methoxy groups -OCH3 is 2. The Morgan fingerprint density at radius 1 is 1.13 bits per heavy atom. The Balaban J connectivity index is 1.96. The molecule has 3 rings (SSSR count). The quantitative estimate of drug-likeness (QED) is 0.885. The predicted octanol–water partition coefficient (Wildman–Crippen LogP) is 3.11. The fourth-order valence-corrected chi connectivity index (χ4v) is 3.14. The van der Waals surface area contributed by atoms with E-state index in [1.54, 1.807) is 7.11 Å². The van der Waals surface area contributed by atoms with Gasteiger partial charge in [0.2, 0.25) is 0 Å². The van der Waals surface area contributed by atoms with Gasteiger partial charge in [0.1, 0.15) is 5.75 Å². The highest BCUT2D eigenvalue weighted by atomic mass is 16.5. The highest BCUT2D eigenvalue weighted by Crippen LogP contribution is 2.33. The van der Waals surface area contributed by atoms with Crippen LogP contribution in [0.5, 0.6) is 5.75 Å². The summed E-state index contributed by atoms with van der Waals surface area (Å²) in [5.74, 6) is 0.573. The Labute approximate surface area is 136 Å². The lowest BCUT2D eigenvalue weighted by atomic mass is 9.87. The van der Waals surface area contributed by atoms with Crippen LogP contribution in [0.2, 0.25) is 0 Å². The molecule has 0 spiro atoms. The minimum absolute atomic E-state index is 0.117. The lowest BCUT2D eigenvalue weighted by Gasteiger charge is -2.32. The molecule has 0 amide bonds. The molecule has 0 saturated carbocycles. The largest absolute Gasteiger partial charge is 0.497 e. The van der Waals surface area contributed by atoms with Gasteiger partial charge >= 0.3 is 5.97 Å². The van der Waals surface area contributed by atoms with Gasteiger partial charge in [-0.05, 0) is 54.3 Å². The van der Waals surface area contributed by atoms with E-state index < -0.39 is 0 Å². The van der Waals surface area contributed by atoms with Crippen molar-refractivity contribution in [1.29, 1.82) is 0 Å². The van der Waals surface area contributed by atoms with Crippen molar-refractivity contribution in [3.63, 3.8) is 0 Å². The van der Waals surface area contributed by atoms with Crippen molar-refractivity contribution in [1.82, 2.24) is 5.32 Å². The van der Waals surface area contributed by atoms with E-state index in [2.05, 4.69) is 24.4 Å². The molecule has 0 fully saturated rings. The second-order valence-corrected chi connectivity index (χ2v) is 5.88. The van der Waals surface area contributed by atoms with Crippen LogP contribution < -0.4 is 10.1 Å². The first-order valence-corrected chi connectivity index (χ1v) is 7.73. The second-order valence-electron chi connectivity index (χ2n) is 5.88. The lowest BCUT2D eigenvalue weighted by Crippen LogP contribution is -2.37. The van der Waals surface area contributed by atoms with Crippen LogP contribution in [-0.4, -0.2) is 26.2 Å². The monoisotopic (exact) mass is 311 g/mol. The summed E-state index contributed by atoms with van der Waals surface area (Å²) in [7, 11) is 3.08. The number of nitrogens with one attached hydrogen (secondary N) is 1. The Morgan fingerprint density at radius 2 is 1.87 bits per heavy atom. The van der Waals surface area contributed by atoms with E-state index in [0.717, 1.165) is 17.7 Å². The topological polar surface area (TPSA) is 47.6 Å². The zero-order valence-corrected chi connectivity index (χ0v) is 13.6. The molecule has 1 heterocycles. The minimum atomic E-state index is -0.313. The van der Waals surface area contributed by atoms with E-state index in [1.165, 1.54) is 18.2 Å². The van der Waals surface area contributed by atoms with Gasteiger partial charge in [0.25, 0.3) is 0 Å². The SMILES string of the molecule is COC(=O)c1ccc([C@H]2N[C@@H](C)Cc3cc(OC)ccc32)cc1. The molecule has 0 bridgehead atoms. The molecule has 2 aromatic carbocycles. The van der Waals surface area contributed by atoms with Crippen molar-refractivity contribution >= 4 is 5.97 Å². The lowest BCUT2D eigenvalue weighted by molar-refractivity contribution is 0.0600. The molecular formula is C19H21NO3. The third-order valence-electron chi connectivity index (χ3n) is 4.30. The maximum absolute atomic E-state index is 11.6. The van der Waals surface area contributed by atoms with Crippen molar-refractivity contribution in [3.8, 4) is 5.75 Å². The number of carbonyl (C=O) groups is 1. The molecule has 4 heteroatoms. The maximum Gasteiger partial charge on any atom is 0.337 e. The van der Waals surface area contributed by atoms with Crippen LogP contribution in [0.15, 0.2) is 42.5 Å². The molecule has 0 unspecified atom stereocenters. The van der Waals surface area contributed by atoms with Crippen LogP contribution in [0.1, 0.15) is 40.0 Å². The summed E-state index contributed by atoms with van der Waals surface area (Å²) in [4.78, 5) is 11.6. The molecule has 0 radical (unpaired) electrons. The fourth-order valence-electron chi connectivity index (χ4n) is 3.14. The molecule has 0 saturated heterocycles. The number of carbonyl (C=O) groups excluding carboxylic acids is 1. The molecule has 2 atom stereocenters. The van der Waals surface area contributed by atoms with Crippen LogP contribution in [0, 0.1) is 0 Å². The van der Waals surface area contributed by atoms with Crippen molar-refractivity contribution < 1.29 is 14.3 Å². The van der Waals surface area contributed by atoms with Crippen molar-refractivity contribution in [2.24, 2.45) is 0 Å². The highest BCUT2D eigenvalue weighted by Gasteiger charge is 2.25. The van der Waals surface area contributed by atoms with Gasteiger partial charge in [-0.2, -0.15) is 0 Å². The Bertz CT molecular complexity index is 709. The zero-order valence-electron chi connectivity index (χ0n) is 13.6. The van der Waals surface area contributed by atoms with Crippen LogP contribution >= 0.6 is 0 Å². The van der Waals surface area contributed by atoms with Gasteiger partial charge in [-0.1, -0.05) is 18.2 Å². The number of hydrogen-bond acceptors (Lipinski definition) is 4. The summed E-state index contributed by atoms with van der Waals surface area (Å²) in [6, 6.07) is 14.3. The molecule has 1 N–H and O–H groups in total. The molecule has 1 aliphatic rings. The first-order chi connectivity index (χ1) is 11.1. The number of hydrogen-bond donors (Lipinski definition) is 1. The summed E-state index contributed by atoms with van der Waals surface area (Å²) >= 11 is 0. The van der Waals surface area contributed by atoms with E-state index in [4.69, 9.17) is 9.47 Å². The minimum Gasteiger partial charge on any atom is -0.497 e. The van der Waals surface area contributed by atoms with E-state index in [-0.39, 0.29) is 12.0 Å². The summed E-state index contributed by atoms with van der Waals surface area (Å²) in [5, 5.41) is 3.63. The van der Waals surface area contributed by atoms with Crippen molar-refractivity contribution in [2.75, 3.05) is 14.2 Å². The van der Waals surface area contributed by atoms with Gasteiger partial charge in [0, 0.05) is 6.04 Å². The third kappa shape index (κ3) is 3.08. The number of esters is 1. The number of benzene rings is 2. The van der Waals surface area contributed by atoms with E-state index in [0.29, 0.717) is 11.6 Å². The molecule has 1 aliphatic heterocycles. The Hall–Kier alpha value is -2.33. The third-order valence-corrected chi connectivity index (χ3v) is 4.30. The second kappa shape index (κ2) is 6.42. The number of fused-ring (bicyclic) bond motifs is 1. The van der Waals surface area contributed by atoms with Crippen molar-refractivity contribution in [3.05, 3.63) is 64.7 Å². The van der Waals surface area contributed by atoms with Gasteiger partial charge in [-0.15, -0.1) is 0 Å². The molecule has 120 valence electrons. The summed E-state index contributed by atoms with van der Waals surface area (Å²) in [6.07, 6.45) is 0.975. The normalized spacial score (nSPS) is 19.8. The molecule has 4 nitrogen and oxygen atoms in total. The molecule has 23 heavy (non-hydrogen) atoms. The molecule has 0 aliphatic carbocycles. The van der Waals surface area contributed by atoms with Crippen LogP contribution in [0.3, 0.4) is 0 Å². The van der Waals surface area contributed by atoms with Crippen molar-refractivity contribution in [2.45, 2.75) is 25.4 Å². The number of rotatable bonds is 3. The molecule has 0 aromatic heterocycles. The summed E-state index contributed by atoms with van der Waals surface area (Å²) < 4.78 is 10.1. The van der Waals surface area contributed by atoms with E-state index >= 15 is 0 Å². The van der Waals surface area contributed by atoms with Crippen LogP contribution in [0.4, 0.5) is 0 Å². The van der Waals surface area contributed by atoms with Gasteiger partial charge in [0.15, 0.2) is 0 Å². The molecular weight excluding hydrogens is 290 g/mol.